The summed E-state index contributed by atoms with van der Waals surface area (Å²) in [5, 5.41) is 9.71. The molecule has 1 heterocycles. The van der Waals surface area contributed by atoms with Crippen molar-refractivity contribution in [3.8, 4) is 5.75 Å². The van der Waals surface area contributed by atoms with Gasteiger partial charge in [-0.05, 0) is 42.7 Å². The minimum Gasteiger partial charge on any atom is -0.489 e. The number of aliphatic hydroxyl groups excluding tert-OH is 1. The van der Waals surface area contributed by atoms with Crippen LogP contribution < -0.4 is 4.74 Å². The number of aryl methyl sites for hydroxylation is 1. The summed E-state index contributed by atoms with van der Waals surface area (Å²) in [6.45, 7) is 4.47. The molecule has 0 aliphatic carbocycles. The van der Waals surface area contributed by atoms with E-state index >= 15 is 0 Å². The minimum atomic E-state index is -0.393. The summed E-state index contributed by atoms with van der Waals surface area (Å²) in [4.78, 5) is 4.13. The van der Waals surface area contributed by atoms with Crippen LogP contribution in [-0.2, 0) is 6.61 Å². The van der Waals surface area contributed by atoms with Gasteiger partial charge in [0.25, 0.3) is 0 Å². The summed E-state index contributed by atoms with van der Waals surface area (Å²) < 4.78 is 5.69. The van der Waals surface area contributed by atoms with Gasteiger partial charge in [-0.1, -0.05) is 19.1 Å². The van der Waals surface area contributed by atoms with Crippen molar-refractivity contribution in [1.82, 2.24) is 4.98 Å². The van der Waals surface area contributed by atoms with Gasteiger partial charge in [0.1, 0.15) is 12.4 Å². The largest absolute Gasteiger partial charge is 0.489 e. The van der Waals surface area contributed by atoms with E-state index in [-0.39, 0.29) is 0 Å². The molecular formula is C16H19NO2. The van der Waals surface area contributed by atoms with Crippen molar-refractivity contribution in [2.75, 3.05) is 0 Å². The second kappa shape index (κ2) is 6.34. The number of ether oxygens (including phenoxy) is 1. The molecule has 0 saturated carbocycles. The van der Waals surface area contributed by atoms with Gasteiger partial charge in [0, 0.05) is 18.0 Å². The molecule has 1 aromatic heterocycles. The second-order valence-corrected chi connectivity index (χ2v) is 4.65. The van der Waals surface area contributed by atoms with Gasteiger partial charge in [0.05, 0.1) is 6.10 Å². The number of aliphatic hydroxyl groups is 1. The maximum absolute atomic E-state index is 9.71. The Labute approximate surface area is 113 Å². The van der Waals surface area contributed by atoms with Crippen LogP contribution in [0.15, 0.2) is 42.7 Å². The summed E-state index contributed by atoms with van der Waals surface area (Å²) in [7, 11) is 0. The van der Waals surface area contributed by atoms with Crippen LogP contribution in [0.25, 0.3) is 0 Å². The van der Waals surface area contributed by atoms with Crippen LogP contribution in [0.5, 0.6) is 5.75 Å². The summed E-state index contributed by atoms with van der Waals surface area (Å²) in [5.74, 6) is 0.800. The Morgan fingerprint density at radius 2 is 1.95 bits per heavy atom. The number of nitrogens with zero attached hydrogens (tertiary/aromatic N) is 1. The van der Waals surface area contributed by atoms with Crippen LogP contribution in [0, 0.1) is 6.92 Å². The third kappa shape index (κ3) is 3.80. The molecule has 0 saturated heterocycles. The third-order valence-electron chi connectivity index (χ3n) is 2.99. The number of benzene rings is 1. The van der Waals surface area contributed by atoms with Gasteiger partial charge in [0.15, 0.2) is 0 Å². The van der Waals surface area contributed by atoms with E-state index in [0.29, 0.717) is 6.61 Å². The summed E-state index contributed by atoms with van der Waals surface area (Å²) in [6.07, 6.45) is 3.96. The molecule has 0 radical (unpaired) electrons. The average molecular weight is 257 g/mol. The highest BCUT2D eigenvalue weighted by atomic mass is 16.5. The van der Waals surface area contributed by atoms with Gasteiger partial charge in [-0.25, -0.2) is 0 Å². The molecule has 1 aromatic carbocycles. The molecule has 1 atom stereocenters. The first-order valence-electron chi connectivity index (χ1n) is 6.50. The molecule has 19 heavy (non-hydrogen) atoms. The normalized spacial score (nSPS) is 12.2. The lowest BCUT2D eigenvalue weighted by Gasteiger charge is -2.10. The molecule has 3 nitrogen and oxygen atoms in total. The molecule has 0 fully saturated rings. The molecule has 2 rings (SSSR count). The van der Waals surface area contributed by atoms with Crippen molar-refractivity contribution in [3.63, 3.8) is 0 Å². The SMILES string of the molecule is CC[C@@H](O)c1ccc(OCc2cncc(C)c2)cc1. The van der Waals surface area contributed by atoms with E-state index in [2.05, 4.69) is 11.1 Å². The highest BCUT2D eigenvalue weighted by Gasteiger charge is 2.04. The summed E-state index contributed by atoms with van der Waals surface area (Å²) in [6, 6.07) is 9.63. The third-order valence-corrected chi connectivity index (χ3v) is 2.99. The van der Waals surface area contributed by atoms with Crippen LogP contribution in [0.3, 0.4) is 0 Å². The quantitative estimate of drug-likeness (QED) is 0.892. The zero-order valence-corrected chi connectivity index (χ0v) is 11.3. The molecule has 0 bridgehead atoms. The van der Waals surface area contributed by atoms with Gasteiger partial charge in [-0.15, -0.1) is 0 Å². The fraction of sp³-hybridized carbons (Fsp3) is 0.312. The van der Waals surface area contributed by atoms with E-state index in [1.807, 2.05) is 50.5 Å². The van der Waals surface area contributed by atoms with Crippen LogP contribution in [-0.4, -0.2) is 10.1 Å². The number of aromatic nitrogens is 1. The van der Waals surface area contributed by atoms with E-state index in [4.69, 9.17) is 4.74 Å². The molecule has 100 valence electrons. The first kappa shape index (κ1) is 13.6. The van der Waals surface area contributed by atoms with Crippen molar-refractivity contribution in [1.29, 1.82) is 0 Å². The number of hydrogen-bond donors (Lipinski definition) is 1. The lowest BCUT2D eigenvalue weighted by molar-refractivity contribution is 0.173. The molecule has 2 aromatic rings. The van der Waals surface area contributed by atoms with Gasteiger partial charge in [-0.2, -0.15) is 0 Å². The summed E-state index contributed by atoms with van der Waals surface area (Å²) in [5.41, 5.74) is 3.10. The predicted octanol–water partition coefficient (Wildman–Crippen LogP) is 3.41. The minimum absolute atomic E-state index is 0.393. The van der Waals surface area contributed by atoms with E-state index < -0.39 is 6.10 Å². The Balaban J connectivity index is 1.96. The highest BCUT2D eigenvalue weighted by molar-refractivity contribution is 5.29. The van der Waals surface area contributed by atoms with E-state index in [9.17, 15) is 5.11 Å². The molecule has 1 N–H and O–H groups in total. The number of pyridine rings is 1. The first-order chi connectivity index (χ1) is 9.19. The van der Waals surface area contributed by atoms with Crippen molar-refractivity contribution >= 4 is 0 Å². The lowest BCUT2D eigenvalue weighted by atomic mass is 10.1. The molecule has 3 heteroatoms. The smallest absolute Gasteiger partial charge is 0.119 e. The maximum Gasteiger partial charge on any atom is 0.119 e. The Bertz CT molecular complexity index is 523. The van der Waals surface area contributed by atoms with Crippen LogP contribution in [0.4, 0.5) is 0 Å². The van der Waals surface area contributed by atoms with Gasteiger partial charge < -0.3 is 9.84 Å². The average Bonchev–Trinajstić information content (AvgIpc) is 2.45. The monoisotopic (exact) mass is 257 g/mol. The molecule has 0 spiro atoms. The maximum atomic E-state index is 9.71. The van der Waals surface area contributed by atoms with Crippen LogP contribution >= 0.6 is 0 Å². The lowest BCUT2D eigenvalue weighted by Crippen LogP contribution is -1.98. The number of rotatable bonds is 5. The fourth-order valence-electron chi connectivity index (χ4n) is 1.89. The Kier molecular flexibility index (Phi) is 4.53. The standard InChI is InChI=1S/C16H19NO2/c1-3-16(18)14-4-6-15(7-5-14)19-11-13-8-12(2)9-17-10-13/h4-10,16,18H,3,11H2,1-2H3/t16-/m1/s1. The zero-order valence-electron chi connectivity index (χ0n) is 11.3. The second-order valence-electron chi connectivity index (χ2n) is 4.65. The zero-order chi connectivity index (χ0) is 13.7. The highest BCUT2D eigenvalue weighted by Crippen LogP contribution is 2.20. The molecular weight excluding hydrogens is 238 g/mol. The Morgan fingerprint density at radius 1 is 1.21 bits per heavy atom. The topological polar surface area (TPSA) is 42.4 Å². The molecule has 0 aliphatic heterocycles. The molecule has 0 unspecified atom stereocenters. The van der Waals surface area contributed by atoms with Crippen molar-refractivity contribution < 1.29 is 9.84 Å². The summed E-state index contributed by atoms with van der Waals surface area (Å²) >= 11 is 0. The molecule has 0 aliphatic rings. The van der Waals surface area contributed by atoms with Crippen molar-refractivity contribution in [2.24, 2.45) is 0 Å². The van der Waals surface area contributed by atoms with Crippen LogP contribution in [0.2, 0.25) is 0 Å². The predicted molar refractivity (Wildman–Crippen MR) is 75.0 cm³/mol. The van der Waals surface area contributed by atoms with Crippen molar-refractivity contribution in [2.45, 2.75) is 33.0 Å². The van der Waals surface area contributed by atoms with E-state index in [1.165, 1.54) is 0 Å². The molecule has 0 amide bonds. The fourth-order valence-corrected chi connectivity index (χ4v) is 1.89. The van der Waals surface area contributed by atoms with Gasteiger partial charge >= 0.3 is 0 Å². The first-order valence-corrected chi connectivity index (χ1v) is 6.50. The number of hydrogen-bond acceptors (Lipinski definition) is 3. The van der Waals surface area contributed by atoms with Crippen molar-refractivity contribution in [3.05, 3.63) is 59.4 Å². The van der Waals surface area contributed by atoms with Crippen LogP contribution in [0.1, 0.15) is 36.1 Å². The van der Waals surface area contributed by atoms with E-state index in [0.717, 1.165) is 28.9 Å². The van der Waals surface area contributed by atoms with Gasteiger partial charge in [-0.3, -0.25) is 4.98 Å². The Morgan fingerprint density at radius 3 is 2.58 bits per heavy atom. The Hall–Kier alpha value is -1.87. The van der Waals surface area contributed by atoms with Gasteiger partial charge in [0.2, 0.25) is 0 Å². The van der Waals surface area contributed by atoms with E-state index in [1.54, 1.807) is 0 Å².